The fraction of sp³-hybridized carbons (Fsp3) is 0.300. The summed E-state index contributed by atoms with van der Waals surface area (Å²) in [5.41, 5.74) is 0.484. The van der Waals surface area contributed by atoms with Crippen LogP contribution in [0.2, 0.25) is 5.02 Å². The minimum atomic E-state index is -0.766. The highest BCUT2D eigenvalue weighted by Crippen LogP contribution is 2.25. The van der Waals surface area contributed by atoms with Crippen molar-refractivity contribution in [3.8, 4) is 6.07 Å². The normalized spacial score (nSPS) is 12.1. The molecular weight excluding hydrogens is 234 g/mol. The molecule has 3 nitrogen and oxygen atoms in total. The molecule has 0 amide bonds. The predicted octanol–water partition coefficient (Wildman–Crippen LogP) is 1.66. The van der Waals surface area contributed by atoms with Gasteiger partial charge in [-0.1, -0.05) is 11.6 Å². The first-order valence-corrected chi connectivity index (χ1v) is 5.65. The van der Waals surface area contributed by atoms with Gasteiger partial charge in [0.05, 0.1) is 18.3 Å². The lowest BCUT2D eigenvalue weighted by Gasteiger charge is -2.07. The van der Waals surface area contributed by atoms with Crippen LogP contribution < -0.4 is 0 Å². The van der Waals surface area contributed by atoms with E-state index in [1.54, 1.807) is 18.2 Å². The van der Waals surface area contributed by atoms with Crippen LogP contribution in [0, 0.1) is 11.3 Å². The van der Waals surface area contributed by atoms with Crippen molar-refractivity contribution in [3.63, 3.8) is 0 Å². The maximum atomic E-state index is 9.16. The van der Waals surface area contributed by atoms with Crippen molar-refractivity contribution >= 4 is 23.4 Å². The highest BCUT2D eigenvalue weighted by atomic mass is 35.5. The zero-order valence-corrected chi connectivity index (χ0v) is 9.42. The van der Waals surface area contributed by atoms with Crippen LogP contribution in [-0.2, 0) is 0 Å². The summed E-state index contributed by atoms with van der Waals surface area (Å²) in [6.07, 6.45) is -0.766. The SMILES string of the molecule is N#Cc1cc(Cl)ccc1SCC(O)CO. The number of nitriles is 1. The van der Waals surface area contributed by atoms with E-state index in [0.717, 1.165) is 4.90 Å². The first-order chi connectivity index (χ1) is 7.17. The first kappa shape index (κ1) is 12.3. The first-order valence-electron chi connectivity index (χ1n) is 4.28. The molecule has 0 heterocycles. The maximum absolute atomic E-state index is 9.16. The Bertz CT molecular complexity index is 378. The number of aliphatic hydroxyl groups excluding tert-OH is 2. The lowest BCUT2D eigenvalue weighted by Crippen LogP contribution is -2.14. The summed E-state index contributed by atoms with van der Waals surface area (Å²) in [5.74, 6) is 0.354. The Kier molecular flexibility index (Phi) is 4.92. The van der Waals surface area contributed by atoms with E-state index in [4.69, 9.17) is 27.1 Å². The fourth-order valence-corrected chi connectivity index (χ4v) is 2.03. The Morgan fingerprint density at radius 2 is 2.27 bits per heavy atom. The number of aliphatic hydroxyl groups is 2. The molecule has 0 saturated heterocycles. The number of thioether (sulfide) groups is 1. The van der Waals surface area contributed by atoms with Gasteiger partial charge in [0, 0.05) is 15.7 Å². The molecule has 0 aliphatic heterocycles. The zero-order valence-electron chi connectivity index (χ0n) is 7.85. The van der Waals surface area contributed by atoms with Crippen molar-refractivity contribution in [1.29, 1.82) is 5.26 Å². The van der Waals surface area contributed by atoms with Crippen LogP contribution in [0.4, 0.5) is 0 Å². The number of nitrogens with zero attached hydrogens (tertiary/aromatic N) is 1. The van der Waals surface area contributed by atoms with Crippen molar-refractivity contribution in [2.75, 3.05) is 12.4 Å². The van der Waals surface area contributed by atoms with E-state index in [0.29, 0.717) is 16.3 Å². The van der Waals surface area contributed by atoms with Crippen LogP contribution in [-0.4, -0.2) is 28.7 Å². The van der Waals surface area contributed by atoms with E-state index in [1.165, 1.54) is 11.8 Å². The van der Waals surface area contributed by atoms with Crippen LogP contribution in [0.25, 0.3) is 0 Å². The summed E-state index contributed by atoms with van der Waals surface area (Å²) in [6.45, 7) is -0.275. The summed E-state index contributed by atoms with van der Waals surface area (Å²) >= 11 is 7.06. The lowest BCUT2D eigenvalue weighted by molar-refractivity contribution is 0.113. The standard InChI is InChI=1S/C10H10ClNO2S/c11-8-1-2-10(7(3-8)4-12)15-6-9(14)5-13/h1-3,9,13-14H,5-6H2. The molecule has 0 radical (unpaired) electrons. The molecule has 15 heavy (non-hydrogen) atoms. The van der Waals surface area contributed by atoms with Gasteiger partial charge in [-0.25, -0.2) is 0 Å². The van der Waals surface area contributed by atoms with Gasteiger partial charge in [-0.15, -0.1) is 11.8 Å². The molecule has 0 aliphatic carbocycles. The molecule has 1 aromatic carbocycles. The summed E-state index contributed by atoms with van der Waals surface area (Å²) in [4.78, 5) is 0.759. The van der Waals surface area contributed by atoms with Gasteiger partial charge < -0.3 is 10.2 Å². The van der Waals surface area contributed by atoms with E-state index in [2.05, 4.69) is 0 Å². The third kappa shape index (κ3) is 3.73. The van der Waals surface area contributed by atoms with E-state index in [9.17, 15) is 0 Å². The molecule has 0 spiro atoms. The van der Waals surface area contributed by atoms with E-state index >= 15 is 0 Å². The minimum Gasteiger partial charge on any atom is -0.394 e. The summed E-state index contributed by atoms with van der Waals surface area (Å²) in [6, 6.07) is 7.03. The topological polar surface area (TPSA) is 64.2 Å². The molecule has 80 valence electrons. The molecule has 1 aromatic rings. The highest BCUT2D eigenvalue weighted by molar-refractivity contribution is 7.99. The molecule has 1 rings (SSSR count). The monoisotopic (exact) mass is 243 g/mol. The molecule has 0 fully saturated rings. The summed E-state index contributed by atoms with van der Waals surface area (Å²) < 4.78 is 0. The lowest BCUT2D eigenvalue weighted by atomic mass is 10.2. The summed E-state index contributed by atoms with van der Waals surface area (Å²) in [5, 5.41) is 27.1. The molecule has 0 saturated carbocycles. The Labute approximate surface area is 97.3 Å². The van der Waals surface area contributed by atoms with Crippen LogP contribution in [0.5, 0.6) is 0 Å². The second kappa shape index (κ2) is 5.99. The fourth-order valence-electron chi connectivity index (χ4n) is 0.954. The number of halogens is 1. The van der Waals surface area contributed by atoms with Gasteiger partial charge in [-0.3, -0.25) is 0 Å². The second-order valence-electron chi connectivity index (χ2n) is 2.90. The molecule has 0 aromatic heterocycles. The van der Waals surface area contributed by atoms with Crippen LogP contribution >= 0.6 is 23.4 Å². The number of benzene rings is 1. The minimum absolute atomic E-state index is 0.275. The molecule has 5 heteroatoms. The van der Waals surface area contributed by atoms with Gasteiger partial charge in [0.15, 0.2) is 0 Å². The highest BCUT2D eigenvalue weighted by Gasteiger charge is 2.07. The van der Waals surface area contributed by atoms with E-state index < -0.39 is 6.10 Å². The van der Waals surface area contributed by atoms with Crippen molar-refractivity contribution in [3.05, 3.63) is 28.8 Å². The molecule has 2 N–H and O–H groups in total. The van der Waals surface area contributed by atoms with Gasteiger partial charge in [0.25, 0.3) is 0 Å². The number of hydrogen-bond donors (Lipinski definition) is 2. The molecule has 1 atom stereocenters. The third-order valence-electron chi connectivity index (χ3n) is 1.70. The second-order valence-corrected chi connectivity index (χ2v) is 4.40. The summed E-state index contributed by atoms with van der Waals surface area (Å²) in [7, 11) is 0. The maximum Gasteiger partial charge on any atom is 0.100 e. The molecule has 0 bridgehead atoms. The predicted molar refractivity (Wildman–Crippen MR) is 60.0 cm³/mol. The number of hydrogen-bond acceptors (Lipinski definition) is 4. The number of rotatable bonds is 4. The van der Waals surface area contributed by atoms with Crippen molar-refractivity contribution < 1.29 is 10.2 Å². The molecule has 0 aliphatic rings. The Morgan fingerprint density at radius 1 is 1.53 bits per heavy atom. The largest absolute Gasteiger partial charge is 0.394 e. The van der Waals surface area contributed by atoms with Crippen molar-refractivity contribution in [2.24, 2.45) is 0 Å². The molecular formula is C10H10ClNO2S. The van der Waals surface area contributed by atoms with Gasteiger partial charge in [-0.05, 0) is 18.2 Å². The van der Waals surface area contributed by atoms with Crippen molar-refractivity contribution in [1.82, 2.24) is 0 Å². The Balaban J connectivity index is 2.73. The van der Waals surface area contributed by atoms with E-state index in [-0.39, 0.29) is 6.61 Å². The average molecular weight is 244 g/mol. The zero-order chi connectivity index (χ0) is 11.3. The average Bonchev–Trinajstić information content (AvgIpc) is 2.26. The quantitative estimate of drug-likeness (QED) is 0.790. The Morgan fingerprint density at radius 3 is 2.87 bits per heavy atom. The van der Waals surface area contributed by atoms with Gasteiger partial charge in [-0.2, -0.15) is 5.26 Å². The van der Waals surface area contributed by atoms with Gasteiger partial charge in [0.2, 0.25) is 0 Å². The van der Waals surface area contributed by atoms with Gasteiger partial charge in [0.1, 0.15) is 6.07 Å². The smallest absolute Gasteiger partial charge is 0.100 e. The van der Waals surface area contributed by atoms with Gasteiger partial charge >= 0.3 is 0 Å². The van der Waals surface area contributed by atoms with Crippen LogP contribution in [0.15, 0.2) is 23.1 Å². The van der Waals surface area contributed by atoms with Crippen LogP contribution in [0.1, 0.15) is 5.56 Å². The third-order valence-corrected chi connectivity index (χ3v) is 3.16. The van der Waals surface area contributed by atoms with E-state index in [1.807, 2.05) is 6.07 Å². The molecule has 1 unspecified atom stereocenters. The van der Waals surface area contributed by atoms with Crippen LogP contribution in [0.3, 0.4) is 0 Å². The van der Waals surface area contributed by atoms with Crippen molar-refractivity contribution in [2.45, 2.75) is 11.0 Å². The Hall–Kier alpha value is -0.730.